The molecule has 1 aliphatic rings. The van der Waals surface area contributed by atoms with E-state index in [1.54, 1.807) is 55.7 Å². The Morgan fingerprint density at radius 1 is 0.974 bits per heavy atom. The SMILES string of the molecule is COC(=O)CN1C(=S)N(c2ccc(OC)cc2)C(=O)/C1=C/c1cc(Cl)c(OCc2ccccc2Cl)c(OC)c1. The first-order valence-corrected chi connectivity index (χ1v) is 12.8. The molecule has 0 spiro atoms. The van der Waals surface area contributed by atoms with E-state index < -0.39 is 11.9 Å². The highest BCUT2D eigenvalue weighted by atomic mass is 35.5. The number of hydrogen-bond acceptors (Lipinski definition) is 7. The van der Waals surface area contributed by atoms with Crippen molar-refractivity contribution in [1.29, 1.82) is 0 Å². The Hall–Kier alpha value is -3.79. The molecule has 39 heavy (non-hydrogen) atoms. The van der Waals surface area contributed by atoms with Gasteiger partial charge in [0, 0.05) is 10.6 Å². The quantitative estimate of drug-likeness (QED) is 0.178. The second-order valence-corrected chi connectivity index (χ2v) is 9.41. The first kappa shape index (κ1) is 28.2. The normalized spacial score (nSPS) is 14.1. The number of nitrogens with zero attached hydrogens (tertiary/aromatic N) is 2. The number of carbonyl (C=O) groups excluding carboxylic acids is 2. The molecular weight excluding hydrogens is 563 g/mol. The zero-order valence-corrected chi connectivity index (χ0v) is 23.6. The van der Waals surface area contributed by atoms with Crippen LogP contribution in [0.3, 0.4) is 0 Å². The second-order valence-electron chi connectivity index (χ2n) is 8.23. The van der Waals surface area contributed by atoms with Gasteiger partial charge < -0.3 is 23.8 Å². The molecule has 0 aromatic heterocycles. The Morgan fingerprint density at radius 2 is 1.69 bits per heavy atom. The monoisotopic (exact) mass is 586 g/mol. The van der Waals surface area contributed by atoms with Crippen molar-refractivity contribution in [2.24, 2.45) is 0 Å². The molecule has 3 aromatic rings. The van der Waals surface area contributed by atoms with Gasteiger partial charge in [0.2, 0.25) is 0 Å². The molecule has 1 heterocycles. The predicted molar refractivity (Wildman–Crippen MR) is 154 cm³/mol. The third-order valence-corrected chi connectivity index (χ3v) is 6.92. The Morgan fingerprint density at radius 3 is 2.33 bits per heavy atom. The number of rotatable bonds is 9. The molecule has 8 nitrogen and oxygen atoms in total. The lowest BCUT2D eigenvalue weighted by Crippen LogP contribution is -2.35. The minimum Gasteiger partial charge on any atom is -0.497 e. The fourth-order valence-electron chi connectivity index (χ4n) is 3.87. The van der Waals surface area contributed by atoms with Crippen LogP contribution in [0.25, 0.3) is 6.08 Å². The topological polar surface area (TPSA) is 77.5 Å². The van der Waals surface area contributed by atoms with E-state index >= 15 is 0 Å². The van der Waals surface area contributed by atoms with Crippen molar-refractivity contribution in [2.75, 3.05) is 32.8 Å². The van der Waals surface area contributed by atoms with Gasteiger partial charge in [0.1, 0.15) is 24.6 Å². The summed E-state index contributed by atoms with van der Waals surface area (Å²) >= 11 is 18.4. The van der Waals surface area contributed by atoms with E-state index in [1.807, 2.05) is 18.2 Å². The molecular formula is C28H24Cl2N2O6S. The lowest BCUT2D eigenvalue weighted by molar-refractivity contribution is -0.140. The van der Waals surface area contributed by atoms with Crippen LogP contribution in [0.5, 0.6) is 17.2 Å². The van der Waals surface area contributed by atoms with E-state index in [1.165, 1.54) is 24.0 Å². The number of ether oxygens (including phenoxy) is 4. The summed E-state index contributed by atoms with van der Waals surface area (Å²) in [5.41, 5.74) is 1.98. The number of benzene rings is 3. The number of halogens is 2. The zero-order valence-electron chi connectivity index (χ0n) is 21.3. The number of methoxy groups -OCH3 is 3. The first-order valence-electron chi connectivity index (χ1n) is 11.6. The molecule has 1 amide bonds. The molecule has 0 saturated carbocycles. The average Bonchev–Trinajstić information content (AvgIpc) is 3.16. The number of carbonyl (C=O) groups is 2. The van der Waals surface area contributed by atoms with E-state index in [9.17, 15) is 9.59 Å². The number of hydrogen-bond donors (Lipinski definition) is 0. The number of thiocarbonyl (C=S) groups is 1. The predicted octanol–water partition coefficient (Wildman–Crippen LogP) is 5.74. The van der Waals surface area contributed by atoms with Gasteiger partial charge in [0.15, 0.2) is 16.6 Å². The molecule has 11 heteroatoms. The molecule has 0 radical (unpaired) electrons. The molecule has 0 aliphatic carbocycles. The van der Waals surface area contributed by atoms with Gasteiger partial charge >= 0.3 is 5.97 Å². The highest BCUT2D eigenvalue weighted by Crippen LogP contribution is 2.39. The van der Waals surface area contributed by atoms with Crippen LogP contribution in [0.1, 0.15) is 11.1 Å². The molecule has 0 atom stereocenters. The van der Waals surface area contributed by atoms with Gasteiger partial charge in [-0.1, -0.05) is 41.4 Å². The van der Waals surface area contributed by atoms with E-state index in [0.717, 1.165) is 5.56 Å². The Kier molecular flexibility index (Phi) is 8.96. The van der Waals surface area contributed by atoms with Gasteiger partial charge in [-0.2, -0.15) is 0 Å². The van der Waals surface area contributed by atoms with Gasteiger partial charge in [-0.25, -0.2) is 0 Å². The summed E-state index contributed by atoms with van der Waals surface area (Å²) in [5.74, 6) is 0.300. The van der Waals surface area contributed by atoms with E-state index in [4.69, 9.17) is 54.4 Å². The summed E-state index contributed by atoms with van der Waals surface area (Å²) in [7, 11) is 4.29. The van der Waals surface area contributed by atoms with Crippen LogP contribution in [0.15, 0.2) is 66.4 Å². The highest BCUT2D eigenvalue weighted by molar-refractivity contribution is 7.80. The summed E-state index contributed by atoms with van der Waals surface area (Å²) in [4.78, 5) is 28.5. The van der Waals surface area contributed by atoms with Crippen molar-refractivity contribution in [3.8, 4) is 17.2 Å². The van der Waals surface area contributed by atoms with Crippen molar-refractivity contribution in [1.82, 2.24) is 4.90 Å². The molecule has 202 valence electrons. The van der Waals surface area contributed by atoms with E-state index in [0.29, 0.717) is 33.5 Å². The zero-order chi connectivity index (χ0) is 28.1. The second kappa shape index (κ2) is 12.4. The molecule has 0 bridgehead atoms. The van der Waals surface area contributed by atoms with Crippen molar-refractivity contribution in [3.05, 3.63) is 87.5 Å². The fourth-order valence-corrected chi connectivity index (χ4v) is 4.69. The Balaban J connectivity index is 1.69. The van der Waals surface area contributed by atoms with Gasteiger partial charge in [-0.3, -0.25) is 14.5 Å². The fraction of sp³-hybridized carbons (Fsp3) is 0.179. The van der Waals surface area contributed by atoms with Gasteiger partial charge in [0.05, 0.1) is 32.0 Å². The van der Waals surface area contributed by atoms with Crippen LogP contribution in [-0.4, -0.2) is 49.8 Å². The average molecular weight is 587 g/mol. The Bertz CT molecular complexity index is 1440. The molecule has 1 fully saturated rings. The number of amides is 1. The van der Waals surface area contributed by atoms with E-state index in [2.05, 4.69) is 0 Å². The minimum atomic E-state index is -0.563. The van der Waals surface area contributed by atoms with Crippen molar-refractivity contribution < 1.29 is 28.5 Å². The van der Waals surface area contributed by atoms with E-state index in [-0.39, 0.29) is 29.0 Å². The van der Waals surface area contributed by atoms with Gasteiger partial charge in [0.25, 0.3) is 5.91 Å². The highest BCUT2D eigenvalue weighted by Gasteiger charge is 2.40. The lowest BCUT2D eigenvalue weighted by Gasteiger charge is -2.19. The summed E-state index contributed by atoms with van der Waals surface area (Å²) in [5, 5.41) is 0.948. The molecule has 4 rings (SSSR count). The molecule has 1 saturated heterocycles. The minimum absolute atomic E-state index is 0.125. The largest absolute Gasteiger partial charge is 0.497 e. The van der Waals surface area contributed by atoms with Gasteiger partial charge in [-0.05, 0) is 66.3 Å². The maximum absolute atomic E-state index is 13.6. The van der Waals surface area contributed by atoms with Crippen LogP contribution in [-0.2, 0) is 20.9 Å². The maximum Gasteiger partial charge on any atom is 0.325 e. The summed E-state index contributed by atoms with van der Waals surface area (Å²) in [6.07, 6.45) is 1.58. The summed E-state index contributed by atoms with van der Waals surface area (Å²) in [6, 6.07) is 17.4. The van der Waals surface area contributed by atoms with Crippen LogP contribution >= 0.6 is 35.4 Å². The van der Waals surface area contributed by atoms with Gasteiger partial charge in [-0.15, -0.1) is 0 Å². The number of anilines is 1. The van der Waals surface area contributed by atoms with Crippen LogP contribution in [0.4, 0.5) is 5.69 Å². The molecule has 1 aliphatic heterocycles. The lowest BCUT2D eigenvalue weighted by atomic mass is 10.1. The van der Waals surface area contributed by atoms with Crippen molar-refractivity contribution in [2.45, 2.75) is 6.61 Å². The maximum atomic E-state index is 13.6. The summed E-state index contributed by atoms with van der Waals surface area (Å²) in [6.45, 7) is -0.0872. The van der Waals surface area contributed by atoms with Crippen LogP contribution in [0.2, 0.25) is 10.0 Å². The Labute approximate surface area is 241 Å². The smallest absolute Gasteiger partial charge is 0.325 e. The third kappa shape index (κ3) is 6.11. The van der Waals surface area contributed by atoms with Crippen LogP contribution in [0, 0.1) is 0 Å². The first-order chi connectivity index (χ1) is 18.8. The van der Waals surface area contributed by atoms with Crippen LogP contribution < -0.4 is 19.1 Å². The van der Waals surface area contributed by atoms with Crippen molar-refractivity contribution >= 4 is 64.2 Å². The molecule has 3 aromatic carbocycles. The molecule has 0 N–H and O–H groups in total. The number of esters is 1. The van der Waals surface area contributed by atoms with Crippen molar-refractivity contribution in [3.63, 3.8) is 0 Å². The third-order valence-electron chi connectivity index (χ3n) is 5.87. The summed E-state index contributed by atoms with van der Waals surface area (Å²) < 4.78 is 21.5. The standard InChI is InChI=1S/C28H24Cl2N2O6S/c1-35-20-10-8-19(9-11-20)32-27(34)23(31(28(32)39)15-25(33)37-3)13-17-12-22(30)26(24(14-17)36-2)38-16-18-6-4-5-7-21(18)29/h4-14H,15-16H2,1-3H3/b23-13-. The molecule has 0 unspecified atom stereocenters.